The third-order valence-corrected chi connectivity index (χ3v) is 6.31. The molecule has 0 spiro atoms. The summed E-state index contributed by atoms with van der Waals surface area (Å²) < 4.78 is 0. The van der Waals surface area contributed by atoms with Crippen LogP contribution in [0.25, 0.3) is 23.1 Å². The summed E-state index contributed by atoms with van der Waals surface area (Å²) in [7, 11) is 4.12. The van der Waals surface area contributed by atoms with E-state index in [4.69, 9.17) is 16.6 Å². The van der Waals surface area contributed by atoms with Crippen LogP contribution >= 0.6 is 11.6 Å². The van der Waals surface area contributed by atoms with Crippen molar-refractivity contribution in [3.8, 4) is 0 Å². The Morgan fingerprint density at radius 1 is 1.00 bits per heavy atom. The normalized spacial score (nSPS) is 12.6. The molecule has 0 saturated heterocycles. The number of hydrogen-bond acceptors (Lipinski definition) is 4. The first kappa shape index (κ1) is 25.1. The largest absolute Gasteiger partial charge is 0.382 e. The highest BCUT2D eigenvalue weighted by Gasteiger charge is 2.10. The van der Waals surface area contributed by atoms with E-state index in [2.05, 4.69) is 86.4 Å². The van der Waals surface area contributed by atoms with Crippen LogP contribution in [0.1, 0.15) is 44.9 Å². The second-order valence-corrected chi connectivity index (χ2v) is 9.23. The van der Waals surface area contributed by atoms with Gasteiger partial charge >= 0.3 is 0 Å². The monoisotopic (exact) mass is 464 g/mol. The van der Waals surface area contributed by atoms with E-state index in [0.717, 1.165) is 64.6 Å². The van der Waals surface area contributed by atoms with Crippen LogP contribution in [0.5, 0.6) is 0 Å². The minimum atomic E-state index is 0.382. The number of benzene rings is 2. The maximum atomic E-state index is 6.02. The zero-order valence-corrected chi connectivity index (χ0v) is 21.4. The van der Waals surface area contributed by atoms with Crippen molar-refractivity contribution in [2.24, 2.45) is 0 Å². The Labute approximate surface area is 204 Å². The summed E-state index contributed by atoms with van der Waals surface area (Å²) in [5, 5.41) is 5.66. The molecule has 2 aromatic carbocycles. The van der Waals surface area contributed by atoms with Crippen LogP contribution in [0.3, 0.4) is 0 Å². The molecule has 0 bridgehead atoms. The van der Waals surface area contributed by atoms with E-state index in [1.807, 2.05) is 24.3 Å². The topological polar surface area (TPSA) is 31.4 Å². The van der Waals surface area contributed by atoms with Gasteiger partial charge in [-0.3, -0.25) is 0 Å². The quantitative estimate of drug-likeness (QED) is 0.329. The Hall–Kier alpha value is -2.56. The van der Waals surface area contributed by atoms with Gasteiger partial charge in [-0.1, -0.05) is 43.7 Å². The van der Waals surface area contributed by atoms with Crippen molar-refractivity contribution in [3.05, 3.63) is 64.8 Å². The SMILES string of the molecule is CCN(CC)CCC[C@H](C)Nc1cc(/C=C/c2ccc(Cl)cc2)nc2cc(N(C)C)ccc12. The molecule has 3 aromatic rings. The number of pyridine rings is 1. The number of nitrogens with one attached hydrogen (secondary N) is 1. The third-order valence-electron chi connectivity index (χ3n) is 6.05. The van der Waals surface area contributed by atoms with Gasteiger partial charge in [-0.15, -0.1) is 0 Å². The molecular formula is C28H37ClN4. The van der Waals surface area contributed by atoms with E-state index in [9.17, 15) is 0 Å². The van der Waals surface area contributed by atoms with E-state index in [1.165, 1.54) is 6.42 Å². The highest BCUT2D eigenvalue weighted by Crippen LogP contribution is 2.28. The fraction of sp³-hybridized carbons (Fsp3) is 0.393. The van der Waals surface area contributed by atoms with Gasteiger partial charge in [-0.25, -0.2) is 4.98 Å². The number of halogens is 1. The van der Waals surface area contributed by atoms with Gasteiger partial charge in [-0.2, -0.15) is 0 Å². The standard InChI is InChI=1S/C28H37ClN4/c1-6-33(7-2)18-8-9-21(3)30-27-19-24(15-12-22-10-13-23(29)14-11-22)31-28-20-25(32(4)5)16-17-26(27)28/h10-17,19-21H,6-9,18H2,1-5H3,(H,30,31)/b15-12+/t21-/m0/s1. The van der Waals surface area contributed by atoms with Crippen molar-refractivity contribution in [2.45, 2.75) is 39.7 Å². The van der Waals surface area contributed by atoms with Crippen LogP contribution in [0, 0.1) is 0 Å². The first-order chi connectivity index (χ1) is 15.9. The van der Waals surface area contributed by atoms with Gasteiger partial charge in [0.1, 0.15) is 0 Å². The summed E-state index contributed by atoms with van der Waals surface area (Å²) >= 11 is 6.02. The third kappa shape index (κ3) is 7.21. The van der Waals surface area contributed by atoms with Crippen LogP contribution in [-0.4, -0.2) is 49.7 Å². The number of anilines is 2. The Balaban J connectivity index is 1.85. The molecule has 5 heteroatoms. The molecule has 0 aliphatic carbocycles. The summed E-state index contributed by atoms with van der Waals surface area (Å²) in [6.07, 6.45) is 6.47. The van der Waals surface area contributed by atoms with Crippen LogP contribution in [0.15, 0.2) is 48.5 Å². The maximum Gasteiger partial charge on any atom is 0.0750 e. The molecule has 0 unspecified atom stereocenters. The van der Waals surface area contributed by atoms with Crippen LogP contribution in [0.2, 0.25) is 5.02 Å². The highest BCUT2D eigenvalue weighted by molar-refractivity contribution is 6.30. The molecule has 3 rings (SSSR count). The summed E-state index contributed by atoms with van der Waals surface area (Å²) in [6.45, 7) is 10.1. The minimum Gasteiger partial charge on any atom is -0.382 e. The van der Waals surface area contributed by atoms with Gasteiger partial charge in [0.15, 0.2) is 0 Å². The molecule has 4 nitrogen and oxygen atoms in total. The van der Waals surface area contributed by atoms with Gasteiger partial charge in [0.05, 0.1) is 11.2 Å². The lowest BCUT2D eigenvalue weighted by molar-refractivity contribution is 0.295. The second-order valence-electron chi connectivity index (χ2n) is 8.79. The van der Waals surface area contributed by atoms with Gasteiger partial charge < -0.3 is 15.1 Å². The molecule has 33 heavy (non-hydrogen) atoms. The molecular weight excluding hydrogens is 428 g/mol. The molecule has 1 heterocycles. The zero-order chi connectivity index (χ0) is 23.8. The molecule has 0 fully saturated rings. The maximum absolute atomic E-state index is 6.02. The van der Waals surface area contributed by atoms with Crippen molar-refractivity contribution in [2.75, 3.05) is 43.9 Å². The molecule has 176 valence electrons. The van der Waals surface area contributed by atoms with Gasteiger partial charge in [0.2, 0.25) is 0 Å². The van der Waals surface area contributed by atoms with Crippen molar-refractivity contribution < 1.29 is 0 Å². The number of hydrogen-bond donors (Lipinski definition) is 1. The van der Waals surface area contributed by atoms with Gasteiger partial charge in [0, 0.05) is 41.9 Å². The average molecular weight is 465 g/mol. The molecule has 0 amide bonds. The fourth-order valence-corrected chi connectivity index (χ4v) is 4.10. The van der Waals surface area contributed by atoms with E-state index >= 15 is 0 Å². The molecule has 1 aromatic heterocycles. The molecule has 1 N–H and O–H groups in total. The summed E-state index contributed by atoms with van der Waals surface area (Å²) in [5.74, 6) is 0. The van der Waals surface area contributed by atoms with E-state index in [-0.39, 0.29) is 0 Å². The first-order valence-corrected chi connectivity index (χ1v) is 12.3. The molecule has 0 aliphatic heterocycles. The Kier molecular flexibility index (Phi) is 9.16. The van der Waals surface area contributed by atoms with E-state index < -0.39 is 0 Å². The lowest BCUT2D eigenvalue weighted by Gasteiger charge is -2.21. The smallest absolute Gasteiger partial charge is 0.0750 e. The summed E-state index contributed by atoms with van der Waals surface area (Å²) in [6, 6.07) is 16.9. The van der Waals surface area contributed by atoms with Crippen LogP contribution in [-0.2, 0) is 0 Å². The van der Waals surface area contributed by atoms with Crippen LogP contribution < -0.4 is 10.2 Å². The Morgan fingerprint density at radius 3 is 2.39 bits per heavy atom. The lowest BCUT2D eigenvalue weighted by atomic mass is 10.1. The van der Waals surface area contributed by atoms with Crippen molar-refractivity contribution >= 4 is 46.0 Å². The number of aromatic nitrogens is 1. The molecule has 0 radical (unpaired) electrons. The average Bonchev–Trinajstić information content (AvgIpc) is 2.81. The van der Waals surface area contributed by atoms with Crippen molar-refractivity contribution in [3.63, 3.8) is 0 Å². The van der Waals surface area contributed by atoms with Gasteiger partial charge in [0.25, 0.3) is 0 Å². The Morgan fingerprint density at radius 2 is 1.73 bits per heavy atom. The minimum absolute atomic E-state index is 0.382. The number of nitrogens with zero attached hydrogens (tertiary/aromatic N) is 3. The first-order valence-electron chi connectivity index (χ1n) is 11.9. The van der Waals surface area contributed by atoms with Gasteiger partial charge in [-0.05, 0) is 87.4 Å². The van der Waals surface area contributed by atoms with E-state index in [0.29, 0.717) is 6.04 Å². The van der Waals surface area contributed by atoms with E-state index in [1.54, 1.807) is 0 Å². The Bertz CT molecular complexity index is 1060. The summed E-state index contributed by atoms with van der Waals surface area (Å²) in [5.41, 5.74) is 5.31. The molecule has 1 atom stereocenters. The second kappa shape index (κ2) is 12.1. The summed E-state index contributed by atoms with van der Waals surface area (Å²) in [4.78, 5) is 9.53. The number of fused-ring (bicyclic) bond motifs is 1. The lowest BCUT2D eigenvalue weighted by Crippen LogP contribution is -2.25. The highest BCUT2D eigenvalue weighted by atomic mass is 35.5. The fourth-order valence-electron chi connectivity index (χ4n) is 3.97. The predicted octanol–water partition coefficient (Wildman–Crippen LogP) is 7.05. The van der Waals surface area contributed by atoms with Crippen molar-refractivity contribution in [1.82, 2.24) is 9.88 Å². The number of rotatable bonds is 11. The molecule has 0 saturated carbocycles. The van der Waals surface area contributed by atoms with Crippen molar-refractivity contribution in [1.29, 1.82) is 0 Å². The van der Waals surface area contributed by atoms with Crippen LogP contribution in [0.4, 0.5) is 11.4 Å². The molecule has 0 aliphatic rings. The predicted molar refractivity (Wildman–Crippen MR) is 147 cm³/mol. The zero-order valence-electron chi connectivity index (χ0n) is 20.6.